The van der Waals surface area contributed by atoms with Crippen molar-refractivity contribution < 1.29 is 14.3 Å². The van der Waals surface area contributed by atoms with Crippen molar-refractivity contribution in [2.45, 2.75) is 12.6 Å². The van der Waals surface area contributed by atoms with Crippen molar-refractivity contribution in [1.82, 2.24) is 20.2 Å². The number of carbonyl (C=O) groups excluding carboxylic acids is 1. The molecule has 7 heteroatoms. The van der Waals surface area contributed by atoms with Crippen molar-refractivity contribution in [1.29, 1.82) is 0 Å². The van der Waals surface area contributed by atoms with E-state index in [1.165, 1.54) is 0 Å². The zero-order valence-corrected chi connectivity index (χ0v) is 16.2. The van der Waals surface area contributed by atoms with Crippen molar-refractivity contribution in [3.63, 3.8) is 0 Å². The molecule has 0 saturated heterocycles. The van der Waals surface area contributed by atoms with Gasteiger partial charge in [0.05, 0.1) is 14.2 Å². The second-order valence-electron chi connectivity index (χ2n) is 6.29. The van der Waals surface area contributed by atoms with Crippen molar-refractivity contribution in [2.24, 2.45) is 7.05 Å². The van der Waals surface area contributed by atoms with Crippen LogP contribution in [0.2, 0.25) is 0 Å². The van der Waals surface area contributed by atoms with E-state index in [1.807, 2.05) is 60.3 Å². The van der Waals surface area contributed by atoms with E-state index >= 15 is 0 Å². The van der Waals surface area contributed by atoms with Crippen LogP contribution in [0.15, 0.2) is 60.9 Å². The van der Waals surface area contributed by atoms with Gasteiger partial charge in [-0.2, -0.15) is 0 Å². The highest BCUT2D eigenvalue weighted by Crippen LogP contribution is 2.29. The number of benzene rings is 2. The van der Waals surface area contributed by atoms with Gasteiger partial charge in [-0.25, -0.2) is 9.78 Å². The van der Waals surface area contributed by atoms with Crippen molar-refractivity contribution in [3.05, 3.63) is 77.9 Å². The fourth-order valence-corrected chi connectivity index (χ4v) is 2.91. The highest BCUT2D eigenvalue weighted by atomic mass is 16.5. The first-order valence-electron chi connectivity index (χ1n) is 8.89. The maximum atomic E-state index is 12.6. The Morgan fingerprint density at radius 1 is 1.11 bits per heavy atom. The second-order valence-corrected chi connectivity index (χ2v) is 6.29. The van der Waals surface area contributed by atoms with Crippen LogP contribution in [0.1, 0.15) is 23.0 Å². The van der Waals surface area contributed by atoms with Gasteiger partial charge in [0, 0.05) is 32.1 Å². The molecule has 0 aliphatic rings. The SMILES string of the molecule is COc1cc(OC)cc(C(NC(=O)NCc2ccccc2)c2nccn2C)c1. The Morgan fingerprint density at radius 2 is 1.79 bits per heavy atom. The predicted molar refractivity (Wildman–Crippen MR) is 106 cm³/mol. The molecule has 2 amide bonds. The van der Waals surface area contributed by atoms with E-state index in [2.05, 4.69) is 15.6 Å². The quantitative estimate of drug-likeness (QED) is 0.661. The molecule has 0 aliphatic carbocycles. The molecule has 0 spiro atoms. The maximum absolute atomic E-state index is 12.6. The van der Waals surface area contributed by atoms with Gasteiger partial charge in [0.1, 0.15) is 23.4 Å². The lowest BCUT2D eigenvalue weighted by Crippen LogP contribution is -2.39. The third-order valence-corrected chi connectivity index (χ3v) is 4.40. The second kappa shape index (κ2) is 8.94. The van der Waals surface area contributed by atoms with Crippen LogP contribution in [0.4, 0.5) is 4.79 Å². The number of carbonyl (C=O) groups is 1. The zero-order valence-electron chi connectivity index (χ0n) is 16.2. The van der Waals surface area contributed by atoms with Crippen LogP contribution in [-0.2, 0) is 13.6 Å². The third-order valence-electron chi connectivity index (χ3n) is 4.40. The summed E-state index contributed by atoms with van der Waals surface area (Å²) in [5.41, 5.74) is 1.83. The minimum atomic E-state index is -0.472. The van der Waals surface area contributed by atoms with Gasteiger partial charge >= 0.3 is 6.03 Å². The highest BCUT2D eigenvalue weighted by molar-refractivity contribution is 5.75. The van der Waals surface area contributed by atoms with E-state index in [0.29, 0.717) is 23.9 Å². The van der Waals surface area contributed by atoms with Gasteiger partial charge in [-0.3, -0.25) is 0 Å². The number of hydrogen-bond donors (Lipinski definition) is 2. The molecule has 3 rings (SSSR count). The molecule has 0 bridgehead atoms. The molecule has 0 saturated carbocycles. The Kier molecular flexibility index (Phi) is 6.16. The molecule has 2 aromatic carbocycles. The van der Waals surface area contributed by atoms with Crippen LogP contribution in [0, 0.1) is 0 Å². The lowest BCUT2D eigenvalue weighted by molar-refractivity contribution is 0.237. The van der Waals surface area contributed by atoms with Gasteiger partial charge in [0.25, 0.3) is 0 Å². The summed E-state index contributed by atoms with van der Waals surface area (Å²) < 4.78 is 12.6. The van der Waals surface area contributed by atoms with Crippen molar-refractivity contribution in [2.75, 3.05) is 14.2 Å². The summed E-state index contributed by atoms with van der Waals surface area (Å²) in [7, 11) is 5.07. The number of imidazole rings is 1. The number of amides is 2. The normalized spacial score (nSPS) is 11.5. The van der Waals surface area contributed by atoms with E-state index in [9.17, 15) is 4.79 Å². The topological polar surface area (TPSA) is 77.4 Å². The number of rotatable bonds is 7. The summed E-state index contributed by atoms with van der Waals surface area (Å²) in [6, 6.07) is 14.5. The van der Waals surface area contributed by atoms with Gasteiger partial charge in [-0.15, -0.1) is 0 Å². The number of hydrogen-bond acceptors (Lipinski definition) is 4. The first kappa shape index (κ1) is 19.3. The van der Waals surface area contributed by atoms with Crippen LogP contribution in [-0.4, -0.2) is 29.8 Å². The summed E-state index contributed by atoms with van der Waals surface area (Å²) in [6.45, 7) is 0.432. The van der Waals surface area contributed by atoms with Gasteiger partial charge in [0.2, 0.25) is 0 Å². The summed E-state index contributed by atoms with van der Waals surface area (Å²) >= 11 is 0. The molecule has 0 radical (unpaired) electrons. The Morgan fingerprint density at radius 3 is 2.36 bits per heavy atom. The lowest BCUT2D eigenvalue weighted by atomic mass is 10.1. The number of urea groups is 1. The van der Waals surface area contributed by atoms with Gasteiger partial charge in [-0.05, 0) is 23.3 Å². The van der Waals surface area contributed by atoms with Crippen molar-refractivity contribution in [3.8, 4) is 11.5 Å². The minimum Gasteiger partial charge on any atom is -0.497 e. The molecule has 0 aliphatic heterocycles. The molecular weight excluding hydrogens is 356 g/mol. The average Bonchev–Trinajstić information content (AvgIpc) is 3.16. The average molecular weight is 380 g/mol. The van der Waals surface area contributed by atoms with Gasteiger partial charge in [0.15, 0.2) is 0 Å². The smallest absolute Gasteiger partial charge is 0.315 e. The molecule has 3 aromatic rings. The Hall–Kier alpha value is -3.48. The summed E-state index contributed by atoms with van der Waals surface area (Å²) in [4.78, 5) is 17.0. The van der Waals surface area contributed by atoms with Crippen LogP contribution in [0.5, 0.6) is 11.5 Å². The first-order valence-corrected chi connectivity index (χ1v) is 8.89. The number of nitrogens with zero attached hydrogens (tertiary/aromatic N) is 2. The van der Waals surface area contributed by atoms with E-state index in [1.54, 1.807) is 26.5 Å². The monoisotopic (exact) mass is 380 g/mol. The zero-order chi connectivity index (χ0) is 19.9. The fourth-order valence-electron chi connectivity index (χ4n) is 2.91. The van der Waals surface area contributed by atoms with Gasteiger partial charge in [-0.1, -0.05) is 30.3 Å². The molecule has 0 fully saturated rings. The number of nitrogens with one attached hydrogen (secondary N) is 2. The molecule has 1 heterocycles. The van der Waals surface area contributed by atoms with Crippen LogP contribution in [0.25, 0.3) is 0 Å². The summed E-state index contributed by atoms with van der Waals surface area (Å²) in [6.07, 6.45) is 3.53. The summed E-state index contributed by atoms with van der Waals surface area (Å²) in [5, 5.41) is 5.89. The molecule has 1 atom stereocenters. The van der Waals surface area contributed by atoms with E-state index in [-0.39, 0.29) is 6.03 Å². The first-order chi connectivity index (χ1) is 13.6. The van der Waals surface area contributed by atoms with Crippen molar-refractivity contribution >= 4 is 6.03 Å². The molecule has 1 aromatic heterocycles. The molecular formula is C21H24N4O3. The van der Waals surface area contributed by atoms with E-state index < -0.39 is 6.04 Å². The number of aromatic nitrogens is 2. The van der Waals surface area contributed by atoms with Gasteiger partial charge < -0.3 is 24.7 Å². The van der Waals surface area contributed by atoms with E-state index in [4.69, 9.17) is 9.47 Å². The third kappa shape index (κ3) is 4.62. The number of ether oxygens (including phenoxy) is 2. The Labute approximate surface area is 164 Å². The lowest BCUT2D eigenvalue weighted by Gasteiger charge is -2.21. The van der Waals surface area contributed by atoms with Crippen LogP contribution >= 0.6 is 0 Å². The minimum absolute atomic E-state index is 0.293. The number of aryl methyl sites for hydroxylation is 1. The molecule has 1 unspecified atom stereocenters. The fraction of sp³-hybridized carbons (Fsp3) is 0.238. The molecule has 146 valence electrons. The molecule has 7 nitrogen and oxygen atoms in total. The summed E-state index contributed by atoms with van der Waals surface area (Å²) in [5.74, 6) is 1.98. The molecule has 2 N–H and O–H groups in total. The van der Waals surface area contributed by atoms with Crippen LogP contribution in [0.3, 0.4) is 0 Å². The molecule has 28 heavy (non-hydrogen) atoms. The van der Waals surface area contributed by atoms with E-state index in [0.717, 1.165) is 11.1 Å². The van der Waals surface area contributed by atoms with Crippen LogP contribution < -0.4 is 20.1 Å². The Balaban J connectivity index is 1.84. The number of methoxy groups -OCH3 is 2. The predicted octanol–water partition coefficient (Wildman–Crippen LogP) is 3.03. The highest BCUT2D eigenvalue weighted by Gasteiger charge is 2.22. The standard InChI is InChI=1S/C21H24N4O3/c1-25-10-9-22-20(25)19(16-11-17(27-2)13-18(12-16)28-3)24-21(26)23-14-15-7-5-4-6-8-15/h4-13,19H,14H2,1-3H3,(H2,23,24,26). The largest absolute Gasteiger partial charge is 0.497 e. The maximum Gasteiger partial charge on any atom is 0.315 e. The Bertz CT molecular complexity index is 902.